The van der Waals surface area contributed by atoms with Crippen LogP contribution in [0.4, 0.5) is 10.2 Å². The van der Waals surface area contributed by atoms with Crippen molar-refractivity contribution in [1.29, 1.82) is 0 Å². The first-order valence-electron chi connectivity index (χ1n) is 5.18. The summed E-state index contributed by atoms with van der Waals surface area (Å²) in [7, 11) is 0. The van der Waals surface area contributed by atoms with E-state index in [0.29, 0.717) is 18.2 Å². The minimum absolute atomic E-state index is 0.237. The van der Waals surface area contributed by atoms with Gasteiger partial charge in [0.15, 0.2) is 0 Å². The van der Waals surface area contributed by atoms with Crippen LogP contribution in [0.25, 0.3) is 0 Å². The van der Waals surface area contributed by atoms with Gasteiger partial charge in [-0.05, 0) is 35.9 Å². The number of hydrogen-bond donors (Lipinski definition) is 2. The minimum atomic E-state index is -0.397. The molecule has 0 aliphatic heterocycles. The van der Waals surface area contributed by atoms with Crippen LogP contribution in [0.2, 0.25) is 5.02 Å². The molecular formula is C12H11ClFN3O. The molecule has 0 spiro atoms. The Morgan fingerprint density at radius 1 is 1.33 bits per heavy atom. The van der Waals surface area contributed by atoms with Crippen LogP contribution in [0.3, 0.4) is 0 Å². The number of rotatable bonds is 4. The number of hydrogen-bond acceptors (Lipinski definition) is 4. The quantitative estimate of drug-likeness (QED) is 0.661. The smallest absolute Gasteiger partial charge is 0.140 e. The second-order valence-electron chi connectivity index (χ2n) is 3.56. The van der Waals surface area contributed by atoms with Gasteiger partial charge in [-0.1, -0.05) is 11.6 Å². The molecule has 0 radical (unpaired) electrons. The van der Waals surface area contributed by atoms with Crippen molar-refractivity contribution in [3.63, 3.8) is 0 Å². The van der Waals surface area contributed by atoms with Gasteiger partial charge in [0, 0.05) is 6.20 Å². The van der Waals surface area contributed by atoms with E-state index in [-0.39, 0.29) is 5.02 Å². The third-order valence-electron chi connectivity index (χ3n) is 2.26. The third-order valence-corrected chi connectivity index (χ3v) is 2.56. The van der Waals surface area contributed by atoms with Crippen molar-refractivity contribution in [1.82, 2.24) is 4.98 Å². The first-order chi connectivity index (χ1) is 8.69. The van der Waals surface area contributed by atoms with Crippen LogP contribution in [-0.4, -0.2) is 4.98 Å². The number of halogens is 2. The highest BCUT2D eigenvalue weighted by atomic mass is 35.5. The number of ether oxygens (including phenoxy) is 1. The van der Waals surface area contributed by atoms with Gasteiger partial charge in [-0.3, -0.25) is 0 Å². The Morgan fingerprint density at radius 2 is 2.17 bits per heavy atom. The molecule has 94 valence electrons. The summed E-state index contributed by atoms with van der Waals surface area (Å²) in [6, 6.07) is 7.52. The fourth-order valence-electron chi connectivity index (χ4n) is 1.40. The molecule has 2 rings (SSSR count). The van der Waals surface area contributed by atoms with Crippen LogP contribution >= 0.6 is 11.6 Å². The largest absolute Gasteiger partial charge is 0.487 e. The molecule has 0 bridgehead atoms. The molecule has 18 heavy (non-hydrogen) atoms. The highest BCUT2D eigenvalue weighted by molar-refractivity contribution is 6.32. The lowest BCUT2D eigenvalue weighted by atomic mass is 10.3. The fraction of sp³-hybridized carbons (Fsp3) is 0.0833. The maximum atomic E-state index is 12.8. The van der Waals surface area contributed by atoms with Gasteiger partial charge < -0.3 is 10.2 Å². The summed E-state index contributed by atoms with van der Waals surface area (Å²) in [6.45, 7) is 0.294. The summed E-state index contributed by atoms with van der Waals surface area (Å²) in [4.78, 5) is 3.97. The van der Waals surface area contributed by atoms with Gasteiger partial charge >= 0.3 is 0 Å². The lowest BCUT2D eigenvalue weighted by Gasteiger charge is -2.08. The molecule has 1 aromatic heterocycles. The van der Waals surface area contributed by atoms with Crippen molar-refractivity contribution < 1.29 is 9.13 Å². The van der Waals surface area contributed by atoms with Gasteiger partial charge in [0.2, 0.25) is 0 Å². The van der Waals surface area contributed by atoms with Crippen molar-refractivity contribution in [2.24, 2.45) is 5.84 Å². The zero-order valence-electron chi connectivity index (χ0n) is 9.36. The highest BCUT2D eigenvalue weighted by Crippen LogP contribution is 2.25. The zero-order chi connectivity index (χ0) is 13.0. The van der Waals surface area contributed by atoms with Crippen molar-refractivity contribution in [2.75, 3.05) is 5.43 Å². The zero-order valence-corrected chi connectivity index (χ0v) is 10.1. The van der Waals surface area contributed by atoms with Crippen molar-refractivity contribution in [2.45, 2.75) is 6.61 Å². The van der Waals surface area contributed by atoms with Crippen LogP contribution in [0.15, 0.2) is 36.5 Å². The Balaban J connectivity index is 2.06. The second-order valence-corrected chi connectivity index (χ2v) is 3.96. The van der Waals surface area contributed by atoms with Gasteiger partial charge in [0.1, 0.15) is 24.0 Å². The monoisotopic (exact) mass is 267 g/mol. The first kappa shape index (κ1) is 12.6. The third kappa shape index (κ3) is 3.09. The van der Waals surface area contributed by atoms with Crippen LogP contribution in [0.5, 0.6) is 5.75 Å². The predicted octanol–water partition coefficient (Wildman–Crippen LogP) is 2.74. The van der Waals surface area contributed by atoms with Crippen LogP contribution in [0.1, 0.15) is 5.56 Å². The van der Waals surface area contributed by atoms with E-state index in [9.17, 15) is 4.39 Å². The Labute approximate surface area is 109 Å². The number of aromatic nitrogens is 1. The molecule has 1 aromatic carbocycles. The molecule has 0 atom stereocenters. The molecule has 0 fully saturated rings. The number of pyridine rings is 1. The topological polar surface area (TPSA) is 60.2 Å². The van der Waals surface area contributed by atoms with Crippen LogP contribution < -0.4 is 16.0 Å². The maximum Gasteiger partial charge on any atom is 0.140 e. The van der Waals surface area contributed by atoms with Crippen molar-refractivity contribution >= 4 is 17.4 Å². The van der Waals surface area contributed by atoms with Gasteiger partial charge in [-0.15, -0.1) is 0 Å². The standard InChI is InChI=1S/C12H11ClFN3O/c13-10-6-9(14)1-2-11(10)18-7-8-3-4-16-12(5-8)17-15/h1-6H,7,15H2,(H,16,17). The fourth-order valence-corrected chi connectivity index (χ4v) is 1.62. The highest BCUT2D eigenvalue weighted by Gasteiger charge is 2.04. The number of anilines is 1. The number of nitrogen functional groups attached to an aromatic ring is 1. The molecule has 6 heteroatoms. The van der Waals surface area contributed by atoms with E-state index in [2.05, 4.69) is 10.4 Å². The molecule has 2 aromatic rings. The summed E-state index contributed by atoms with van der Waals surface area (Å²) in [5.74, 6) is 5.82. The summed E-state index contributed by atoms with van der Waals surface area (Å²) < 4.78 is 18.3. The van der Waals surface area contributed by atoms with E-state index in [4.69, 9.17) is 22.2 Å². The van der Waals surface area contributed by atoms with Crippen molar-refractivity contribution in [3.8, 4) is 5.75 Å². The summed E-state index contributed by atoms with van der Waals surface area (Å²) >= 11 is 5.84. The summed E-state index contributed by atoms with van der Waals surface area (Å²) in [5, 5.41) is 0.237. The Bertz CT molecular complexity index is 551. The second kappa shape index (κ2) is 5.66. The van der Waals surface area contributed by atoms with Gasteiger partial charge in [0.25, 0.3) is 0 Å². The normalized spacial score (nSPS) is 10.2. The molecule has 1 heterocycles. The molecule has 0 amide bonds. The van der Waals surface area contributed by atoms with Gasteiger partial charge in [-0.2, -0.15) is 0 Å². The lowest BCUT2D eigenvalue weighted by molar-refractivity contribution is 0.306. The molecule has 0 aliphatic rings. The van der Waals surface area contributed by atoms with E-state index in [1.807, 2.05) is 0 Å². The number of hydrazine groups is 1. The van der Waals surface area contributed by atoms with Crippen LogP contribution in [0, 0.1) is 5.82 Å². The minimum Gasteiger partial charge on any atom is -0.487 e. The molecule has 3 N–H and O–H groups in total. The van der Waals surface area contributed by atoms with E-state index >= 15 is 0 Å². The summed E-state index contributed by atoms with van der Waals surface area (Å²) in [6.07, 6.45) is 1.61. The Hall–Kier alpha value is -1.85. The van der Waals surface area contributed by atoms with Crippen molar-refractivity contribution in [3.05, 3.63) is 52.9 Å². The number of nitrogens with two attached hydrogens (primary N) is 1. The van der Waals surface area contributed by atoms with Crippen LogP contribution in [-0.2, 0) is 6.61 Å². The van der Waals surface area contributed by atoms with Gasteiger partial charge in [0.05, 0.1) is 5.02 Å². The maximum absolute atomic E-state index is 12.8. The lowest BCUT2D eigenvalue weighted by Crippen LogP contribution is -2.09. The first-order valence-corrected chi connectivity index (χ1v) is 5.56. The number of benzene rings is 1. The van der Waals surface area contributed by atoms with Gasteiger partial charge in [-0.25, -0.2) is 15.2 Å². The number of nitrogens with zero attached hydrogens (tertiary/aromatic N) is 1. The average molecular weight is 268 g/mol. The van der Waals surface area contributed by atoms with E-state index < -0.39 is 5.82 Å². The van der Waals surface area contributed by atoms with E-state index in [0.717, 1.165) is 5.56 Å². The Morgan fingerprint density at radius 3 is 2.89 bits per heavy atom. The van der Waals surface area contributed by atoms with E-state index in [1.54, 1.807) is 18.3 Å². The SMILES string of the molecule is NNc1cc(COc2ccc(F)cc2Cl)ccn1. The van der Waals surface area contributed by atoms with E-state index in [1.165, 1.54) is 18.2 Å². The molecule has 0 aliphatic carbocycles. The molecule has 0 saturated carbocycles. The number of nitrogens with one attached hydrogen (secondary N) is 1. The molecule has 4 nitrogen and oxygen atoms in total. The summed E-state index contributed by atoms with van der Waals surface area (Å²) in [5.41, 5.74) is 3.32. The molecule has 0 saturated heterocycles. The molecule has 0 unspecified atom stereocenters. The molecular weight excluding hydrogens is 257 g/mol. The average Bonchev–Trinajstić information content (AvgIpc) is 2.38. The Kier molecular flexibility index (Phi) is 3.96. The predicted molar refractivity (Wildman–Crippen MR) is 67.8 cm³/mol.